The van der Waals surface area contributed by atoms with Crippen molar-refractivity contribution in [2.45, 2.75) is 25.5 Å². The van der Waals surface area contributed by atoms with E-state index >= 15 is 0 Å². The summed E-state index contributed by atoms with van der Waals surface area (Å²) >= 11 is 0. The van der Waals surface area contributed by atoms with Crippen molar-refractivity contribution in [2.75, 3.05) is 20.2 Å². The van der Waals surface area contributed by atoms with Crippen LogP contribution in [0, 0.1) is 0 Å². The molecule has 26 heavy (non-hydrogen) atoms. The molecule has 2 amide bonds. The van der Waals surface area contributed by atoms with Gasteiger partial charge in [-0.25, -0.2) is 0 Å². The molecule has 1 aromatic carbocycles. The summed E-state index contributed by atoms with van der Waals surface area (Å²) < 4.78 is 5.13. The third-order valence-corrected chi connectivity index (χ3v) is 4.53. The lowest BCUT2D eigenvalue weighted by molar-refractivity contribution is 0.0697. The molecule has 1 N–H and O–H groups in total. The summed E-state index contributed by atoms with van der Waals surface area (Å²) in [5.41, 5.74) is 2.22. The summed E-state index contributed by atoms with van der Waals surface area (Å²) in [5, 5.41) is 3.03. The van der Waals surface area contributed by atoms with Crippen molar-refractivity contribution in [2.24, 2.45) is 0 Å². The molecular formula is C20H23N3O3. The zero-order valence-electron chi connectivity index (χ0n) is 14.9. The van der Waals surface area contributed by atoms with Crippen molar-refractivity contribution in [3.8, 4) is 0 Å². The Bertz CT molecular complexity index is 756. The van der Waals surface area contributed by atoms with Gasteiger partial charge < -0.3 is 15.0 Å². The number of piperidine rings is 1. The van der Waals surface area contributed by atoms with Crippen molar-refractivity contribution in [3.05, 3.63) is 65.5 Å². The largest absolute Gasteiger partial charge is 0.380 e. The van der Waals surface area contributed by atoms with E-state index in [2.05, 4.69) is 10.3 Å². The predicted octanol–water partition coefficient (Wildman–Crippen LogP) is 2.26. The third-order valence-electron chi connectivity index (χ3n) is 4.53. The molecule has 0 radical (unpaired) electrons. The fourth-order valence-electron chi connectivity index (χ4n) is 3.14. The van der Waals surface area contributed by atoms with Crippen LogP contribution in [0.3, 0.4) is 0 Å². The predicted molar refractivity (Wildman–Crippen MR) is 97.8 cm³/mol. The molecule has 6 nitrogen and oxygen atoms in total. The number of hydrogen-bond acceptors (Lipinski definition) is 4. The van der Waals surface area contributed by atoms with E-state index in [1.54, 1.807) is 31.6 Å². The van der Waals surface area contributed by atoms with E-state index in [-0.39, 0.29) is 17.9 Å². The zero-order chi connectivity index (χ0) is 18.4. The van der Waals surface area contributed by atoms with Crippen LogP contribution in [0.4, 0.5) is 0 Å². The van der Waals surface area contributed by atoms with Crippen LogP contribution in [-0.4, -0.2) is 47.9 Å². The van der Waals surface area contributed by atoms with Gasteiger partial charge in [0.2, 0.25) is 0 Å². The molecule has 0 unspecified atom stereocenters. The molecule has 0 aliphatic carbocycles. The van der Waals surface area contributed by atoms with Crippen molar-refractivity contribution in [3.63, 3.8) is 0 Å². The highest BCUT2D eigenvalue weighted by molar-refractivity contribution is 5.95. The van der Waals surface area contributed by atoms with Gasteiger partial charge in [-0.1, -0.05) is 12.1 Å². The second-order valence-corrected chi connectivity index (χ2v) is 6.42. The van der Waals surface area contributed by atoms with E-state index < -0.39 is 0 Å². The Labute approximate surface area is 153 Å². The maximum absolute atomic E-state index is 12.7. The molecule has 3 rings (SSSR count). The number of ether oxygens (including phenoxy) is 1. The molecule has 2 heterocycles. The zero-order valence-corrected chi connectivity index (χ0v) is 14.9. The van der Waals surface area contributed by atoms with E-state index in [1.807, 2.05) is 29.2 Å². The van der Waals surface area contributed by atoms with Gasteiger partial charge in [-0.2, -0.15) is 0 Å². The van der Waals surface area contributed by atoms with E-state index in [0.29, 0.717) is 30.8 Å². The van der Waals surface area contributed by atoms with Crippen LogP contribution in [0.5, 0.6) is 0 Å². The normalized spacial score (nSPS) is 14.9. The summed E-state index contributed by atoms with van der Waals surface area (Å²) in [7, 11) is 1.64. The fraction of sp³-hybridized carbons (Fsp3) is 0.350. The van der Waals surface area contributed by atoms with Crippen LogP contribution in [0.25, 0.3) is 0 Å². The molecule has 6 heteroatoms. The first-order valence-corrected chi connectivity index (χ1v) is 8.75. The Kier molecular flexibility index (Phi) is 5.96. The molecule has 0 bridgehead atoms. The molecular weight excluding hydrogens is 330 g/mol. The first-order valence-electron chi connectivity index (χ1n) is 8.75. The van der Waals surface area contributed by atoms with Crippen molar-refractivity contribution < 1.29 is 14.3 Å². The van der Waals surface area contributed by atoms with E-state index in [1.165, 1.54) is 0 Å². The van der Waals surface area contributed by atoms with Gasteiger partial charge in [0.05, 0.1) is 12.2 Å². The van der Waals surface area contributed by atoms with Gasteiger partial charge in [-0.15, -0.1) is 0 Å². The molecule has 0 atom stereocenters. The molecule has 0 saturated carbocycles. The van der Waals surface area contributed by atoms with Crippen LogP contribution in [0.1, 0.15) is 39.1 Å². The number of amides is 2. The van der Waals surface area contributed by atoms with Gasteiger partial charge >= 0.3 is 0 Å². The van der Waals surface area contributed by atoms with Gasteiger partial charge in [-0.05, 0) is 42.7 Å². The van der Waals surface area contributed by atoms with Gasteiger partial charge in [0.25, 0.3) is 11.8 Å². The fourth-order valence-corrected chi connectivity index (χ4v) is 3.14. The Hall–Kier alpha value is -2.73. The first kappa shape index (κ1) is 18.1. The Morgan fingerprint density at radius 2 is 1.96 bits per heavy atom. The number of carbonyl (C=O) groups excluding carboxylic acids is 2. The molecule has 1 aliphatic heterocycles. The molecule has 2 aromatic rings. The van der Waals surface area contributed by atoms with Crippen molar-refractivity contribution >= 4 is 11.8 Å². The average molecular weight is 353 g/mol. The summed E-state index contributed by atoms with van der Waals surface area (Å²) in [6.45, 7) is 1.75. The summed E-state index contributed by atoms with van der Waals surface area (Å²) in [6.07, 6.45) is 4.69. The number of methoxy groups -OCH3 is 1. The lowest BCUT2D eigenvalue weighted by Gasteiger charge is -2.32. The van der Waals surface area contributed by atoms with Crippen LogP contribution in [-0.2, 0) is 11.3 Å². The third kappa shape index (κ3) is 4.46. The molecule has 136 valence electrons. The van der Waals surface area contributed by atoms with Crippen LogP contribution in [0.2, 0.25) is 0 Å². The number of carbonyl (C=O) groups is 2. The SMILES string of the molecule is COCc1cccc(C(=O)N2CCC(NC(=O)c3cccnc3)CC2)c1. The summed E-state index contributed by atoms with van der Waals surface area (Å²) in [4.78, 5) is 30.7. The van der Waals surface area contributed by atoms with E-state index in [9.17, 15) is 9.59 Å². The average Bonchev–Trinajstić information content (AvgIpc) is 2.69. The smallest absolute Gasteiger partial charge is 0.253 e. The number of rotatable bonds is 5. The second kappa shape index (κ2) is 8.58. The number of pyridine rings is 1. The minimum absolute atomic E-state index is 0.0278. The molecule has 0 spiro atoms. The van der Waals surface area contributed by atoms with E-state index in [0.717, 1.165) is 18.4 Å². The van der Waals surface area contributed by atoms with Crippen LogP contribution < -0.4 is 5.32 Å². The van der Waals surface area contributed by atoms with E-state index in [4.69, 9.17) is 4.74 Å². The number of aromatic nitrogens is 1. The first-order chi connectivity index (χ1) is 12.7. The van der Waals surface area contributed by atoms with Gasteiger partial charge in [0.1, 0.15) is 0 Å². The number of likely N-dealkylation sites (tertiary alicyclic amines) is 1. The standard InChI is InChI=1S/C20H23N3O3/c1-26-14-15-4-2-5-16(12-15)20(25)23-10-7-18(8-11-23)22-19(24)17-6-3-9-21-13-17/h2-6,9,12-13,18H,7-8,10-11,14H2,1H3,(H,22,24). The van der Waals surface area contributed by atoms with Crippen LogP contribution >= 0.6 is 0 Å². The lowest BCUT2D eigenvalue weighted by Crippen LogP contribution is -2.46. The number of hydrogen-bond donors (Lipinski definition) is 1. The second-order valence-electron chi connectivity index (χ2n) is 6.42. The monoisotopic (exact) mass is 353 g/mol. The summed E-state index contributed by atoms with van der Waals surface area (Å²) in [5.74, 6) is -0.0878. The molecule has 1 fully saturated rings. The van der Waals surface area contributed by atoms with Crippen LogP contribution in [0.15, 0.2) is 48.8 Å². The Morgan fingerprint density at radius 3 is 2.65 bits per heavy atom. The number of nitrogens with zero attached hydrogens (tertiary/aromatic N) is 2. The Morgan fingerprint density at radius 1 is 1.19 bits per heavy atom. The quantitative estimate of drug-likeness (QED) is 0.895. The minimum atomic E-state index is -0.116. The highest BCUT2D eigenvalue weighted by Gasteiger charge is 2.25. The van der Waals surface area contributed by atoms with Gasteiger partial charge in [0.15, 0.2) is 0 Å². The van der Waals surface area contributed by atoms with Gasteiger partial charge in [0, 0.05) is 44.2 Å². The molecule has 1 aliphatic rings. The maximum Gasteiger partial charge on any atom is 0.253 e. The molecule has 1 saturated heterocycles. The molecule has 1 aromatic heterocycles. The van der Waals surface area contributed by atoms with Crippen molar-refractivity contribution in [1.29, 1.82) is 0 Å². The Balaban J connectivity index is 1.54. The maximum atomic E-state index is 12.7. The van der Waals surface area contributed by atoms with Gasteiger partial charge in [-0.3, -0.25) is 14.6 Å². The summed E-state index contributed by atoms with van der Waals surface area (Å²) in [6, 6.07) is 11.1. The minimum Gasteiger partial charge on any atom is -0.380 e. The lowest BCUT2D eigenvalue weighted by atomic mass is 10.0. The highest BCUT2D eigenvalue weighted by Crippen LogP contribution is 2.16. The number of benzene rings is 1. The number of nitrogens with one attached hydrogen (secondary N) is 1. The van der Waals surface area contributed by atoms with Crippen molar-refractivity contribution in [1.82, 2.24) is 15.2 Å². The topological polar surface area (TPSA) is 71.5 Å². The highest BCUT2D eigenvalue weighted by atomic mass is 16.5.